The molecule has 0 aliphatic carbocycles. The Morgan fingerprint density at radius 2 is 2.05 bits per heavy atom. The van der Waals surface area contributed by atoms with Gasteiger partial charge in [-0.15, -0.1) is 11.3 Å². The minimum absolute atomic E-state index is 0.201. The fraction of sp³-hybridized carbons (Fsp3) is 0.133. The van der Waals surface area contributed by atoms with Crippen LogP contribution in [-0.2, 0) is 0 Å². The van der Waals surface area contributed by atoms with Gasteiger partial charge in [0.25, 0.3) is 5.91 Å². The number of nitrogens with zero attached hydrogens (tertiary/aromatic N) is 2. The van der Waals surface area contributed by atoms with Gasteiger partial charge >= 0.3 is 0 Å². The monoisotopic (exact) mass is 332 g/mol. The number of hydrogen-bond donors (Lipinski definition) is 2. The Bertz CT molecular complexity index is 784. The number of rotatable bonds is 4. The molecule has 0 aliphatic rings. The van der Waals surface area contributed by atoms with Crippen molar-refractivity contribution in [2.24, 2.45) is 0 Å². The molecule has 0 saturated carbocycles. The molecule has 1 aromatic carbocycles. The summed E-state index contributed by atoms with van der Waals surface area (Å²) in [6.07, 6.45) is 0. The van der Waals surface area contributed by atoms with Crippen molar-refractivity contribution in [1.82, 2.24) is 20.5 Å². The molecule has 2 N–H and O–H groups in total. The first-order valence-electron chi connectivity index (χ1n) is 6.63. The van der Waals surface area contributed by atoms with Crippen LogP contribution in [0.5, 0.6) is 0 Å². The van der Waals surface area contributed by atoms with Crippen LogP contribution < -0.4 is 5.32 Å². The van der Waals surface area contributed by atoms with Crippen molar-refractivity contribution in [3.63, 3.8) is 0 Å². The van der Waals surface area contributed by atoms with E-state index >= 15 is 0 Å². The first kappa shape index (κ1) is 14.7. The summed E-state index contributed by atoms with van der Waals surface area (Å²) in [6.45, 7) is 1.82. The van der Waals surface area contributed by atoms with E-state index < -0.39 is 6.04 Å². The van der Waals surface area contributed by atoms with Gasteiger partial charge in [0.2, 0.25) is 0 Å². The van der Waals surface area contributed by atoms with Crippen LogP contribution in [0.15, 0.2) is 42.5 Å². The second-order valence-electron chi connectivity index (χ2n) is 4.70. The predicted octanol–water partition coefficient (Wildman–Crippen LogP) is 3.35. The zero-order chi connectivity index (χ0) is 15.5. The van der Waals surface area contributed by atoms with Gasteiger partial charge in [-0.3, -0.25) is 9.89 Å². The van der Waals surface area contributed by atoms with Crippen molar-refractivity contribution in [2.75, 3.05) is 0 Å². The Morgan fingerprint density at radius 1 is 1.27 bits per heavy atom. The van der Waals surface area contributed by atoms with Crippen molar-refractivity contribution in [2.45, 2.75) is 13.0 Å². The fourth-order valence-electron chi connectivity index (χ4n) is 2.07. The Kier molecular flexibility index (Phi) is 4.22. The molecule has 0 fully saturated rings. The molecule has 0 bridgehead atoms. The van der Waals surface area contributed by atoms with Crippen molar-refractivity contribution in [3.05, 3.63) is 68.9 Å². The van der Waals surface area contributed by atoms with Gasteiger partial charge < -0.3 is 5.32 Å². The van der Waals surface area contributed by atoms with Gasteiger partial charge in [-0.25, -0.2) is 4.98 Å². The predicted molar refractivity (Wildman–Crippen MR) is 86.2 cm³/mol. The Balaban J connectivity index is 1.91. The summed E-state index contributed by atoms with van der Waals surface area (Å²) in [5, 5.41) is 9.94. The van der Waals surface area contributed by atoms with Crippen LogP contribution >= 0.6 is 22.9 Å². The molecule has 112 valence electrons. The Morgan fingerprint density at radius 3 is 2.64 bits per heavy atom. The minimum Gasteiger partial charge on any atom is -0.337 e. The molecular formula is C15H13ClN4OS. The number of aromatic amines is 1. The largest absolute Gasteiger partial charge is 0.337 e. The summed E-state index contributed by atoms with van der Waals surface area (Å²) in [5.41, 5.74) is 0.914. The number of carbonyl (C=O) groups is 1. The van der Waals surface area contributed by atoms with E-state index in [1.807, 2.05) is 37.3 Å². The van der Waals surface area contributed by atoms with Gasteiger partial charge in [0.15, 0.2) is 5.82 Å². The number of halogens is 1. The lowest BCUT2D eigenvalue weighted by Crippen LogP contribution is -2.29. The minimum atomic E-state index is -0.417. The lowest BCUT2D eigenvalue weighted by molar-refractivity contribution is 0.0945. The van der Waals surface area contributed by atoms with Gasteiger partial charge in [0.1, 0.15) is 11.9 Å². The maximum absolute atomic E-state index is 12.4. The van der Waals surface area contributed by atoms with E-state index in [4.69, 9.17) is 11.6 Å². The molecule has 7 heteroatoms. The molecule has 0 spiro atoms. The first-order chi connectivity index (χ1) is 10.6. The standard InChI is InChI=1S/C15H13ClN4OS/c1-9-17-14(20-19-9)13(10-5-3-2-4-6-10)18-15(21)11-7-8-12(16)22-11/h2-8,13H,1H3,(H,18,21)(H,17,19,20)/t13-/m0/s1. The lowest BCUT2D eigenvalue weighted by atomic mass is 10.1. The van der Waals surface area contributed by atoms with Crippen molar-refractivity contribution < 1.29 is 4.79 Å². The topological polar surface area (TPSA) is 70.7 Å². The number of amides is 1. The molecule has 22 heavy (non-hydrogen) atoms. The van der Waals surface area contributed by atoms with Crippen LogP contribution in [0.1, 0.15) is 32.9 Å². The second kappa shape index (κ2) is 6.29. The zero-order valence-electron chi connectivity index (χ0n) is 11.7. The van der Waals surface area contributed by atoms with E-state index in [1.165, 1.54) is 11.3 Å². The van der Waals surface area contributed by atoms with Gasteiger partial charge in [0.05, 0.1) is 9.21 Å². The quantitative estimate of drug-likeness (QED) is 0.769. The third-order valence-electron chi connectivity index (χ3n) is 3.08. The van der Waals surface area contributed by atoms with E-state index in [-0.39, 0.29) is 5.91 Å². The second-order valence-corrected chi connectivity index (χ2v) is 6.42. The third kappa shape index (κ3) is 3.18. The van der Waals surface area contributed by atoms with Crippen LogP contribution in [0.4, 0.5) is 0 Å². The molecule has 3 aromatic rings. The maximum atomic E-state index is 12.4. The highest BCUT2D eigenvalue weighted by Gasteiger charge is 2.22. The molecule has 1 amide bonds. The molecule has 2 aromatic heterocycles. The fourth-order valence-corrected chi connectivity index (χ4v) is 3.02. The maximum Gasteiger partial charge on any atom is 0.262 e. The number of nitrogens with one attached hydrogen (secondary N) is 2. The molecule has 2 heterocycles. The van der Waals surface area contributed by atoms with Crippen molar-refractivity contribution in [1.29, 1.82) is 0 Å². The molecule has 1 atom stereocenters. The van der Waals surface area contributed by atoms with Crippen LogP contribution in [0.2, 0.25) is 4.34 Å². The van der Waals surface area contributed by atoms with E-state index in [2.05, 4.69) is 20.5 Å². The number of aryl methyl sites for hydroxylation is 1. The number of carbonyl (C=O) groups excluding carboxylic acids is 1. The number of H-pyrrole nitrogens is 1. The highest BCUT2D eigenvalue weighted by molar-refractivity contribution is 7.18. The Hall–Kier alpha value is -2.18. The summed E-state index contributed by atoms with van der Waals surface area (Å²) in [5.74, 6) is 1.03. The van der Waals surface area contributed by atoms with E-state index in [1.54, 1.807) is 12.1 Å². The zero-order valence-corrected chi connectivity index (χ0v) is 13.3. The van der Waals surface area contributed by atoms with E-state index in [9.17, 15) is 4.79 Å². The van der Waals surface area contributed by atoms with Crippen molar-refractivity contribution >= 4 is 28.8 Å². The lowest BCUT2D eigenvalue weighted by Gasteiger charge is -2.15. The molecule has 0 aliphatic heterocycles. The Labute approximate surface area is 136 Å². The SMILES string of the molecule is Cc1nc([C@@H](NC(=O)c2ccc(Cl)s2)c2ccccc2)n[nH]1. The smallest absolute Gasteiger partial charge is 0.262 e. The number of hydrogen-bond acceptors (Lipinski definition) is 4. The summed E-state index contributed by atoms with van der Waals surface area (Å²) >= 11 is 7.13. The molecule has 0 unspecified atom stereocenters. The summed E-state index contributed by atoms with van der Waals surface area (Å²) < 4.78 is 0.579. The van der Waals surface area contributed by atoms with Crippen LogP contribution in [0.25, 0.3) is 0 Å². The van der Waals surface area contributed by atoms with Crippen LogP contribution in [-0.4, -0.2) is 21.1 Å². The molecule has 0 saturated heterocycles. The van der Waals surface area contributed by atoms with E-state index in [0.29, 0.717) is 20.9 Å². The van der Waals surface area contributed by atoms with Crippen LogP contribution in [0.3, 0.4) is 0 Å². The molecule has 0 radical (unpaired) electrons. The van der Waals surface area contributed by atoms with E-state index in [0.717, 1.165) is 5.56 Å². The van der Waals surface area contributed by atoms with Gasteiger partial charge in [-0.1, -0.05) is 41.9 Å². The van der Waals surface area contributed by atoms with Crippen molar-refractivity contribution in [3.8, 4) is 0 Å². The van der Waals surface area contributed by atoms with Crippen LogP contribution in [0, 0.1) is 6.92 Å². The number of aromatic nitrogens is 3. The molecule has 5 nitrogen and oxygen atoms in total. The first-order valence-corrected chi connectivity index (χ1v) is 7.83. The number of benzene rings is 1. The highest BCUT2D eigenvalue weighted by atomic mass is 35.5. The molecular weight excluding hydrogens is 320 g/mol. The molecule has 3 rings (SSSR count). The summed E-state index contributed by atoms with van der Waals surface area (Å²) in [7, 11) is 0. The normalized spacial score (nSPS) is 12.1. The summed E-state index contributed by atoms with van der Waals surface area (Å²) in [6, 6.07) is 12.6. The third-order valence-corrected chi connectivity index (χ3v) is 4.31. The van der Waals surface area contributed by atoms with Gasteiger partial charge in [-0.05, 0) is 24.6 Å². The highest BCUT2D eigenvalue weighted by Crippen LogP contribution is 2.24. The average Bonchev–Trinajstić information content (AvgIpc) is 3.14. The van der Waals surface area contributed by atoms with Gasteiger partial charge in [-0.2, -0.15) is 5.10 Å². The van der Waals surface area contributed by atoms with Gasteiger partial charge in [0, 0.05) is 0 Å². The summed E-state index contributed by atoms with van der Waals surface area (Å²) in [4.78, 5) is 17.3. The number of thiophene rings is 1. The average molecular weight is 333 g/mol.